The molecular formula is C13H15NO. The summed E-state index contributed by atoms with van der Waals surface area (Å²) in [5, 5.41) is 13.0. The molecular weight excluding hydrogens is 186 g/mol. The van der Waals surface area contributed by atoms with E-state index >= 15 is 0 Å². The Kier molecular flexibility index (Phi) is 2.86. The number of aromatic nitrogens is 1. The van der Waals surface area contributed by atoms with Crippen LogP contribution in [0, 0.1) is 5.21 Å². The van der Waals surface area contributed by atoms with Crippen LogP contribution in [0.25, 0.3) is 10.9 Å². The van der Waals surface area contributed by atoms with Gasteiger partial charge in [-0.15, -0.1) is 0 Å². The molecule has 0 bridgehead atoms. The van der Waals surface area contributed by atoms with Gasteiger partial charge in [0.15, 0.2) is 5.69 Å². The summed E-state index contributed by atoms with van der Waals surface area (Å²) >= 11 is 0. The normalized spacial score (nSPS) is 10.7. The minimum absolute atomic E-state index is 0.770. The van der Waals surface area contributed by atoms with Crippen molar-refractivity contribution in [1.29, 1.82) is 0 Å². The maximum Gasteiger partial charge on any atom is 0.223 e. The van der Waals surface area contributed by atoms with Crippen LogP contribution < -0.4 is 4.73 Å². The molecule has 15 heavy (non-hydrogen) atoms. The fraction of sp³-hybridized carbons (Fsp3) is 0.308. The predicted molar refractivity (Wildman–Crippen MR) is 61.5 cm³/mol. The van der Waals surface area contributed by atoms with E-state index in [-0.39, 0.29) is 0 Å². The largest absolute Gasteiger partial charge is 0.618 e. The fourth-order valence-corrected chi connectivity index (χ4v) is 1.76. The van der Waals surface area contributed by atoms with E-state index in [0.29, 0.717) is 0 Å². The highest BCUT2D eigenvalue weighted by Crippen LogP contribution is 2.11. The molecule has 0 aliphatic rings. The van der Waals surface area contributed by atoms with Gasteiger partial charge in [0.2, 0.25) is 5.52 Å². The van der Waals surface area contributed by atoms with Crippen molar-refractivity contribution in [2.45, 2.75) is 26.2 Å². The number of pyridine rings is 1. The lowest BCUT2D eigenvalue weighted by atomic mass is 10.1. The third-order valence-electron chi connectivity index (χ3n) is 2.66. The van der Waals surface area contributed by atoms with Crippen LogP contribution in [0.3, 0.4) is 0 Å². The summed E-state index contributed by atoms with van der Waals surface area (Å²) in [5.74, 6) is 0. The van der Waals surface area contributed by atoms with Gasteiger partial charge in [0, 0.05) is 23.9 Å². The Labute approximate surface area is 89.8 Å². The highest BCUT2D eigenvalue weighted by molar-refractivity contribution is 5.75. The Morgan fingerprint density at radius 3 is 2.73 bits per heavy atom. The number of hydrogen-bond donors (Lipinski definition) is 0. The summed E-state index contributed by atoms with van der Waals surface area (Å²) in [6.07, 6.45) is 3.05. The Bertz CT molecular complexity index is 465. The summed E-state index contributed by atoms with van der Waals surface area (Å²) < 4.78 is 1.06. The first-order valence-electron chi connectivity index (χ1n) is 5.43. The Hall–Kier alpha value is -1.57. The third kappa shape index (κ3) is 1.94. The van der Waals surface area contributed by atoms with Crippen LogP contribution in [0.4, 0.5) is 0 Å². The van der Waals surface area contributed by atoms with Crippen molar-refractivity contribution in [3.05, 3.63) is 47.3 Å². The Morgan fingerprint density at radius 2 is 1.93 bits per heavy atom. The number of rotatable bonds is 3. The summed E-state index contributed by atoms with van der Waals surface area (Å²) in [6.45, 7) is 2.14. The van der Waals surface area contributed by atoms with Crippen LogP contribution in [0.2, 0.25) is 0 Å². The fourth-order valence-electron chi connectivity index (χ4n) is 1.76. The van der Waals surface area contributed by atoms with Gasteiger partial charge >= 0.3 is 0 Å². The molecule has 0 saturated carbocycles. The molecule has 0 amide bonds. The second-order valence-electron chi connectivity index (χ2n) is 3.78. The lowest BCUT2D eigenvalue weighted by Crippen LogP contribution is -2.32. The van der Waals surface area contributed by atoms with E-state index < -0.39 is 0 Å². The van der Waals surface area contributed by atoms with Crippen molar-refractivity contribution in [2.24, 2.45) is 0 Å². The summed E-state index contributed by atoms with van der Waals surface area (Å²) in [5.41, 5.74) is 1.64. The summed E-state index contributed by atoms with van der Waals surface area (Å²) in [7, 11) is 0. The molecule has 0 saturated heterocycles. The van der Waals surface area contributed by atoms with E-state index in [1.165, 1.54) is 0 Å². The molecule has 1 heterocycles. The van der Waals surface area contributed by atoms with E-state index in [4.69, 9.17) is 0 Å². The average molecular weight is 201 g/mol. The van der Waals surface area contributed by atoms with Crippen molar-refractivity contribution in [1.82, 2.24) is 0 Å². The van der Waals surface area contributed by atoms with E-state index in [0.717, 1.165) is 40.6 Å². The zero-order valence-corrected chi connectivity index (χ0v) is 8.94. The van der Waals surface area contributed by atoms with Crippen LogP contribution in [0.1, 0.15) is 25.5 Å². The molecule has 0 aliphatic carbocycles. The first-order chi connectivity index (χ1) is 7.33. The van der Waals surface area contributed by atoms with Crippen molar-refractivity contribution >= 4 is 10.9 Å². The highest BCUT2D eigenvalue weighted by atomic mass is 16.5. The third-order valence-corrected chi connectivity index (χ3v) is 2.66. The van der Waals surface area contributed by atoms with Crippen LogP contribution in [-0.4, -0.2) is 0 Å². The second-order valence-corrected chi connectivity index (χ2v) is 3.78. The topological polar surface area (TPSA) is 26.9 Å². The number of benzene rings is 1. The van der Waals surface area contributed by atoms with Crippen LogP contribution in [0.15, 0.2) is 36.4 Å². The lowest BCUT2D eigenvalue weighted by Gasteiger charge is -2.06. The van der Waals surface area contributed by atoms with Crippen LogP contribution in [0.5, 0.6) is 0 Å². The van der Waals surface area contributed by atoms with Gasteiger partial charge in [-0.2, -0.15) is 4.73 Å². The molecule has 2 rings (SSSR count). The molecule has 0 radical (unpaired) electrons. The summed E-state index contributed by atoms with van der Waals surface area (Å²) in [4.78, 5) is 0. The molecule has 78 valence electrons. The lowest BCUT2D eigenvalue weighted by molar-refractivity contribution is -0.586. The van der Waals surface area contributed by atoms with Gasteiger partial charge in [0.05, 0.1) is 0 Å². The molecule has 0 spiro atoms. The zero-order chi connectivity index (χ0) is 10.7. The van der Waals surface area contributed by atoms with Gasteiger partial charge < -0.3 is 5.21 Å². The number of hydrogen-bond acceptors (Lipinski definition) is 1. The predicted octanol–water partition coefficient (Wildman–Crippen LogP) is 2.82. The minimum atomic E-state index is 0.770. The van der Waals surface area contributed by atoms with Gasteiger partial charge in [-0.25, -0.2) is 0 Å². The average Bonchev–Trinajstić information content (AvgIpc) is 2.29. The number of aryl methyl sites for hydroxylation is 1. The smallest absolute Gasteiger partial charge is 0.223 e. The zero-order valence-electron chi connectivity index (χ0n) is 8.94. The highest BCUT2D eigenvalue weighted by Gasteiger charge is 2.08. The molecule has 2 aromatic rings. The van der Waals surface area contributed by atoms with E-state index in [1.54, 1.807) is 0 Å². The molecule has 0 atom stereocenters. The van der Waals surface area contributed by atoms with Gasteiger partial charge in [-0.3, -0.25) is 0 Å². The van der Waals surface area contributed by atoms with Gasteiger partial charge in [0.25, 0.3) is 0 Å². The molecule has 0 fully saturated rings. The van der Waals surface area contributed by atoms with Crippen molar-refractivity contribution in [2.75, 3.05) is 0 Å². The molecule has 2 heteroatoms. The first kappa shape index (κ1) is 9.97. The number of fused-ring (bicyclic) bond motifs is 1. The number of para-hydroxylation sites is 1. The molecule has 1 aromatic carbocycles. The quantitative estimate of drug-likeness (QED) is 0.554. The Morgan fingerprint density at radius 1 is 1.13 bits per heavy atom. The molecule has 1 aromatic heterocycles. The number of unbranched alkanes of at least 4 members (excludes halogenated alkanes) is 1. The SMILES string of the molecule is CCCCc1ccc2ccccc2[n+]1[O-]. The molecule has 0 aliphatic heterocycles. The monoisotopic (exact) mass is 201 g/mol. The van der Waals surface area contributed by atoms with Crippen molar-refractivity contribution in [3.63, 3.8) is 0 Å². The van der Waals surface area contributed by atoms with E-state index in [9.17, 15) is 5.21 Å². The maximum atomic E-state index is 12.0. The van der Waals surface area contributed by atoms with E-state index in [1.807, 2.05) is 36.4 Å². The van der Waals surface area contributed by atoms with Crippen LogP contribution >= 0.6 is 0 Å². The maximum absolute atomic E-state index is 12.0. The molecule has 0 N–H and O–H groups in total. The minimum Gasteiger partial charge on any atom is -0.618 e. The number of nitrogens with zero attached hydrogens (tertiary/aromatic N) is 1. The summed E-state index contributed by atoms with van der Waals surface area (Å²) in [6, 6.07) is 11.7. The standard InChI is InChI=1S/C13H15NO/c1-2-3-7-12-10-9-11-6-4-5-8-13(11)14(12)15/h4-6,8-10H,2-3,7H2,1H3. The van der Waals surface area contributed by atoms with E-state index in [2.05, 4.69) is 6.92 Å². The van der Waals surface area contributed by atoms with Crippen molar-refractivity contribution < 1.29 is 4.73 Å². The van der Waals surface area contributed by atoms with Gasteiger partial charge in [-0.05, 0) is 18.6 Å². The van der Waals surface area contributed by atoms with Gasteiger partial charge in [0.1, 0.15) is 0 Å². The molecule has 2 nitrogen and oxygen atoms in total. The Balaban J connectivity index is 2.45. The first-order valence-corrected chi connectivity index (χ1v) is 5.43. The molecule has 0 unspecified atom stereocenters. The van der Waals surface area contributed by atoms with Crippen molar-refractivity contribution in [3.8, 4) is 0 Å². The van der Waals surface area contributed by atoms with Gasteiger partial charge in [-0.1, -0.05) is 25.5 Å². The van der Waals surface area contributed by atoms with Crippen LogP contribution in [-0.2, 0) is 6.42 Å². The second kappa shape index (κ2) is 4.30.